The molecule has 0 bridgehead atoms. The summed E-state index contributed by atoms with van der Waals surface area (Å²) in [6.45, 7) is 6.25. The number of hydrogen-bond acceptors (Lipinski definition) is 4. The number of amides is 2. The molecule has 1 atom stereocenters. The van der Waals surface area contributed by atoms with Gasteiger partial charge in [-0.25, -0.2) is 4.39 Å². The van der Waals surface area contributed by atoms with Crippen LogP contribution in [-0.2, 0) is 9.59 Å². The number of carbonyl (C=O) groups is 2. The summed E-state index contributed by atoms with van der Waals surface area (Å²) in [6, 6.07) is 10.7. The van der Waals surface area contributed by atoms with Gasteiger partial charge in [-0.3, -0.25) is 14.6 Å². The first-order chi connectivity index (χ1) is 13.3. The number of anilines is 2. The molecule has 1 heterocycles. The summed E-state index contributed by atoms with van der Waals surface area (Å²) in [5, 5.41) is 5.77. The predicted octanol–water partition coefficient (Wildman–Crippen LogP) is 2.92. The van der Waals surface area contributed by atoms with Gasteiger partial charge in [-0.1, -0.05) is 12.1 Å². The highest BCUT2D eigenvalue weighted by Crippen LogP contribution is 2.27. The van der Waals surface area contributed by atoms with Crippen molar-refractivity contribution in [2.45, 2.75) is 33.2 Å². The van der Waals surface area contributed by atoms with Crippen molar-refractivity contribution >= 4 is 28.9 Å². The predicted molar refractivity (Wildman–Crippen MR) is 108 cm³/mol. The van der Waals surface area contributed by atoms with Crippen LogP contribution in [0.1, 0.15) is 24.5 Å². The number of primary amides is 1. The molecule has 1 unspecified atom stereocenters. The molecule has 2 N–H and O–H groups in total. The van der Waals surface area contributed by atoms with Crippen LogP contribution in [-0.4, -0.2) is 30.1 Å². The molecule has 146 valence electrons. The molecule has 3 rings (SSSR count). The van der Waals surface area contributed by atoms with Gasteiger partial charge in [0.25, 0.3) is 5.91 Å². The Bertz CT molecular complexity index is 940. The molecule has 0 radical (unpaired) electrons. The lowest BCUT2D eigenvalue weighted by molar-refractivity contribution is -0.119. The van der Waals surface area contributed by atoms with Crippen molar-refractivity contribution in [2.24, 2.45) is 10.8 Å². The van der Waals surface area contributed by atoms with Crippen molar-refractivity contribution in [3.63, 3.8) is 0 Å². The Morgan fingerprint density at radius 1 is 1.21 bits per heavy atom. The van der Waals surface area contributed by atoms with Gasteiger partial charge >= 0.3 is 0 Å². The Balaban J connectivity index is 1.95. The van der Waals surface area contributed by atoms with Crippen LogP contribution in [0.4, 0.5) is 15.8 Å². The highest BCUT2D eigenvalue weighted by molar-refractivity contribution is 6.45. The number of rotatable bonds is 5. The van der Waals surface area contributed by atoms with E-state index in [0.29, 0.717) is 12.2 Å². The highest BCUT2D eigenvalue weighted by Gasteiger charge is 2.36. The maximum Gasteiger partial charge on any atom is 0.274 e. The Morgan fingerprint density at radius 3 is 2.50 bits per heavy atom. The summed E-state index contributed by atoms with van der Waals surface area (Å²) in [5.41, 5.74) is 9.11. The third-order valence-electron chi connectivity index (χ3n) is 4.79. The monoisotopic (exact) mass is 382 g/mol. The van der Waals surface area contributed by atoms with Crippen molar-refractivity contribution in [1.82, 2.24) is 0 Å². The largest absolute Gasteiger partial charge is 0.368 e. The molecule has 2 aromatic rings. The molecule has 0 aliphatic carbocycles. The van der Waals surface area contributed by atoms with Crippen molar-refractivity contribution in [3.8, 4) is 0 Å². The van der Waals surface area contributed by atoms with E-state index in [-0.39, 0.29) is 18.0 Å². The summed E-state index contributed by atoms with van der Waals surface area (Å²) in [5.74, 6) is -1.26. The molecule has 0 spiro atoms. The minimum Gasteiger partial charge on any atom is -0.368 e. The number of halogens is 1. The second-order valence-electron chi connectivity index (χ2n) is 6.83. The topological polar surface area (TPSA) is 79.0 Å². The molecular weight excluding hydrogens is 359 g/mol. The lowest BCUT2D eigenvalue weighted by Crippen LogP contribution is -2.40. The smallest absolute Gasteiger partial charge is 0.274 e. The molecular formula is C21H23FN4O2. The maximum absolute atomic E-state index is 13.2. The second kappa shape index (κ2) is 7.80. The molecule has 0 saturated carbocycles. The number of nitrogens with two attached hydrogens (primary N) is 1. The Labute approximate surface area is 163 Å². The van der Waals surface area contributed by atoms with E-state index in [1.165, 1.54) is 29.3 Å². The summed E-state index contributed by atoms with van der Waals surface area (Å²) >= 11 is 0. The van der Waals surface area contributed by atoms with E-state index in [1.807, 2.05) is 39.0 Å². The normalized spacial score (nSPS) is 16.1. The van der Waals surface area contributed by atoms with Crippen LogP contribution in [0.2, 0.25) is 0 Å². The van der Waals surface area contributed by atoms with Crippen LogP contribution < -0.4 is 15.6 Å². The van der Waals surface area contributed by atoms with Crippen LogP contribution in [0.5, 0.6) is 0 Å². The minimum atomic E-state index is -0.790. The van der Waals surface area contributed by atoms with Crippen molar-refractivity contribution < 1.29 is 14.0 Å². The molecule has 0 saturated heterocycles. The molecule has 1 aliphatic heterocycles. The fraction of sp³-hybridized carbons (Fsp3) is 0.286. The summed E-state index contributed by atoms with van der Waals surface area (Å²) in [7, 11) is 0. The van der Waals surface area contributed by atoms with Gasteiger partial charge in [0.2, 0.25) is 5.91 Å². The number of nitrogens with zero attached hydrogens (tertiary/aromatic N) is 3. The standard InChI is InChI=1S/C21H23FN4O2/c1-4-25(18-11-13(2)5-6-14(18)3)21(28)17-12-19(20(23)27)26(24-17)16-9-7-15(22)8-10-16/h5-11,19H,4,12H2,1-3H3,(H2,23,27). The van der Waals surface area contributed by atoms with E-state index in [2.05, 4.69) is 5.10 Å². The third kappa shape index (κ3) is 3.74. The van der Waals surface area contributed by atoms with Gasteiger partial charge in [0, 0.05) is 18.7 Å². The van der Waals surface area contributed by atoms with Gasteiger partial charge in [0.05, 0.1) is 5.69 Å². The lowest BCUT2D eigenvalue weighted by atomic mass is 10.1. The number of aryl methyl sites for hydroxylation is 2. The number of benzene rings is 2. The van der Waals surface area contributed by atoms with E-state index in [1.54, 1.807) is 4.90 Å². The number of hydrazone groups is 1. The van der Waals surface area contributed by atoms with Crippen molar-refractivity contribution in [2.75, 3.05) is 16.5 Å². The SMILES string of the molecule is CCN(C(=O)C1=NN(c2ccc(F)cc2)C(C(N)=O)C1)c1cc(C)ccc1C. The first-order valence-corrected chi connectivity index (χ1v) is 9.12. The van der Waals surface area contributed by atoms with E-state index in [9.17, 15) is 14.0 Å². The van der Waals surface area contributed by atoms with Crippen LogP contribution in [0.3, 0.4) is 0 Å². The van der Waals surface area contributed by atoms with Crippen LogP contribution in [0.15, 0.2) is 47.6 Å². The highest BCUT2D eigenvalue weighted by atomic mass is 19.1. The van der Waals surface area contributed by atoms with Crippen LogP contribution >= 0.6 is 0 Å². The Hall–Kier alpha value is -3.22. The lowest BCUT2D eigenvalue weighted by Gasteiger charge is -2.23. The quantitative estimate of drug-likeness (QED) is 0.864. The van der Waals surface area contributed by atoms with E-state index in [0.717, 1.165) is 16.8 Å². The zero-order chi connectivity index (χ0) is 20.4. The fourth-order valence-corrected chi connectivity index (χ4v) is 3.28. The van der Waals surface area contributed by atoms with Gasteiger partial charge in [-0.2, -0.15) is 5.10 Å². The number of carbonyl (C=O) groups excluding carboxylic acids is 2. The van der Waals surface area contributed by atoms with Crippen LogP contribution in [0, 0.1) is 19.7 Å². The van der Waals surface area contributed by atoms with E-state index >= 15 is 0 Å². The molecule has 0 fully saturated rings. The summed E-state index contributed by atoms with van der Waals surface area (Å²) < 4.78 is 13.2. The van der Waals surface area contributed by atoms with Gasteiger partial charge < -0.3 is 10.6 Å². The second-order valence-corrected chi connectivity index (χ2v) is 6.83. The average molecular weight is 382 g/mol. The Morgan fingerprint density at radius 2 is 1.89 bits per heavy atom. The molecule has 7 heteroatoms. The summed E-state index contributed by atoms with van der Waals surface area (Å²) in [4.78, 5) is 26.8. The van der Waals surface area contributed by atoms with E-state index < -0.39 is 17.8 Å². The molecule has 6 nitrogen and oxygen atoms in total. The molecule has 0 aromatic heterocycles. The molecule has 2 amide bonds. The zero-order valence-electron chi connectivity index (χ0n) is 16.1. The van der Waals surface area contributed by atoms with Gasteiger partial charge in [-0.15, -0.1) is 0 Å². The molecule has 1 aliphatic rings. The first kappa shape index (κ1) is 19.5. The van der Waals surface area contributed by atoms with Gasteiger partial charge in [-0.05, 0) is 62.2 Å². The average Bonchev–Trinajstić information content (AvgIpc) is 3.11. The van der Waals surface area contributed by atoms with Crippen LogP contribution in [0.25, 0.3) is 0 Å². The third-order valence-corrected chi connectivity index (χ3v) is 4.79. The summed E-state index contributed by atoms with van der Waals surface area (Å²) in [6.07, 6.45) is 0.104. The number of hydrogen-bond donors (Lipinski definition) is 1. The first-order valence-electron chi connectivity index (χ1n) is 9.12. The van der Waals surface area contributed by atoms with Crippen molar-refractivity contribution in [1.29, 1.82) is 0 Å². The minimum absolute atomic E-state index is 0.104. The fourth-order valence-electron chi connectivity index (χ4n) is 3.28. The molecule has 2 aromatic carbocycles. The maximum atomic E-state index is 13.2. The molecule has 28 heavy (non-hydrogen) atoms. The van der Waals surface area contributed by atoms with Gasteiger partial charge in [0.1, 0.15) is 17.6 Å². The van der Waals surface area contributed by atoms with Crippen molar-refractivity contribution in [3.05, 3.63) is 59.4 Å². The van der Waals surface area contributed by atoms with E-state index in [4.69, 9.17) is 5.73 Å². The zero-order valence-corrected chi connectivity index (χ0v) is 16.1. The Kier molecular flexibility index (Phi) is 5.44. The van der Waals surface area contributed by atoms with Gasteiger partial charge in [0.15, 0.2) is 0 Å².